The second-order valence-electron chi connectivity index (χ2n) is 10.0. The lowest BCUT2D eigenvalue weighted by atomic mass is 10.0. The van der Waals surface area contributed by atoms with Crippen molar-refractivity contribution >= 4 is 46.9 Å². The van der Waals surface area contributed by atoms with E-state index in [9.17, 15) is 24.9 Å². The number of ether oxygens (including phenoxy) is 3. The van der Waals surface area contributed by atoms with E-state index >= 15 is 0 Å². The summed E-state index contributed by atoms with van der Waals surface area (Å²) in [6, 6.07) is 13.7. The molecular weight excluding hydrogens is 582 g/mol. The molecule has 0 bridgehead atoms. The van der Waals surface area contributed by atoms with Gasteiger partial charge in [0.15, 0.2) is 17.3 Å². The number of nitriles is 2. The molecule has 2 heterocycles. The van der Waals surface area contributed by atoms with E-state index < -0.39 is 17.1 Å². The van der Waals surface area contributed by atoms with E-state index in [-0.39, 0.29) is 40.1 Å². The molecule has 5 rings (SSSR count). The first-order valence-corrected chi connectivity index (χ1v) is 14.4. The number of amides is 2. The van der Waals surface area contributed by atoms with Crippen LogP contribution in [0.25, 0.3) is 6.08 Å². The first-order valence-electron chi connectivity index (χ1n) is 13.5. The standard InChI is InChI=1S/C32H27N5O6S/c1-41-24-12-17(13-25(42-2)29(24)43-3)4-11-23(38)18-7-9-20(10-8-18)37-27(39)14-26(32(37)40)44-31-22(16-34)28(19-5-6-19)21(15-33)30(35)36-31/h4,7-13,19,26H,5-6,14H2,1-3H3,(H2,35,36)/b11-4+/t26-/m0/s1. The molecule has 1 saturated heterocycles. The predicted molar refractivity (Wildman–Crippen MR) is 163 cm³/mol. The van der Waals surface area contributed by atoms with E-state index in [1.807, 2.05) is 6.07 Å². The topological polar surface area (TPSA) is 169 Å². The number of benzene rings is 2. The number of ketones is 1. The number of imide groups is 1. The minimum atomic E-state index is -0.829. The minimum absolute atomic E-state index is 0.00380. The van der Waals surface area contributed by atoms with Crippen LogP contribution in [-0.2, 0) is 9.59 Å². The third-order valence-electron chi connectivity index (χ3n) is 7.32. The Morgan fingerprint density at radius 2 is 1.66 bits per heavy atom. The quantitative estimate of drug-likeness (QED) is 0.193. The lowest BCUT2D eigenvalue weighted by Gasteiger charge is -2.16. The maximum Gasteiger partial charge on any atom is 0.247 e. The summed E-state index contributed by atoms with van der Waals surface area (Å²) in [7, 11) is 4.51. The Balaban J connectivity index is 1.32. The van der Waals surface area contributed by atoms with Gasteiger partial charge >= 0.3 is 0 Å². The molecule has 1 atom stereocenters. The number of hydrogen-bond donors (Lipinski definition) is 1. The van der Waals surface area contributed by atoms with Crippen LogP contribution in [0.4, 0.5) is 11.5 Å². The monoisotopic (exact) mass is 609 g/mol. The van der Waals surface area contributed by atoms with Crippen LogP contribution in [0.15, 0.2) is 47.5 Å². The summed E-state index contributed by atoms with van der Waals surface area (Å²) in [5, 5.41) is 18.9. The molecule has 3 aromatic rings. The van der Waals surface area contributed by atoms with Gasteiger partial charge in [-0.15, -0.1) is 0 Å². The van der Waals surface area contributed by atoms with Gasteiger partial charge in [0, 0.05) is 12.0 Å². The third kappa shape index (κ3) is 5.68. The molecule has 2 fully saturated rings. The number of aromatic nitrogens is 1. The Kier molecular flexibility index (Phi) is 8.56. The van der Waals surface area contributed by atoms with Crippen molar-refractivity contribution in [2.45, 2.75) is 35.5 Å². The van der Waals surface area contributed by atoms with Gasteiger partial charge in [-0.1, -0.05) is 17.8 Å². The summed E-state index contributed by atoms with van der Waals surface area (Å²) in [4.78, 5) is 44.5. The zero-order valence-electron chi connectivity index (χ0n) is 24.1. The van der Waals surface area contributed by atoms with Gasteiger partial charge in [-0.2, -0.15) is 10.5 Å². The van der Waals surface area contributed by atoms with Crippen LogP contribution in [-0.4, -0.2) is 49.2 Å². The highest BCUT2D eigenvalue weighted by molar-refractivity contribution is 8.00. The zero-order chi connectivity index (χ0) is 31.5. The van der Waals surface area contributed by atoms with Crippen LogP contribution in [0.2, 0.25) is 0 Å². The molecule has 2 amide bonds. The number of rotatable bonds is 10. The second kappa shape index (κ2) is 12.5. The Hall–Kier alpha value is -5.33. The number of nitrogens with zero attached hydrogens (tertiary/aromatic N) is 4. The van der Waals surface area contributed by atoms with E-state index in [0.29, 0.717) is 39.6 Å². The number of thioether (sulfide) groups is 1. The number of nitrogen functional groups attached to an aromatic ring is 1. The van der Waals surface area contributed by atoms with Crippen molar-refractivity contribution in [2.24, 2.45) is 0 Å². The van der Waals surface area contributed by atoms with Gasteiger partial charge in [-0.3, -0.25) is 14.4 Å². The van der Waals surface area contributed by atoms with E-state index in [2.05, 4.69) is 11.1 Å². The van der Waals surface area contributed by atoms with E-state index in [4.69, 9.17) is 19.9 Å². The van der Waals surface area contributed by atoms with Crippen LogP contribution in [0.1, 0.15) is 57.8 Å². The molecule has 11 nitrogen and oxygen atoms in total. The fourth-order valence-electron chi connectivity index (χ4n) is 5.03. The first-order chi connectivity index (χ1) is 21.2. The molecule has 12 heteroatoms. The zero-order valence-corrected chi connectivity index (χ0v) is 24.9. The molecule has 0 spiro atoms. The number of pyridine rings is 1. The number of nitrogens with two attached hydrogens (primary N) is 1. The van der Waals surface area contributed by atoms with Crippen LogP contribution in [0, 0.1) is 22.7 Å². The maximum atomic E-state index is 13.4. The number of anilines is 2. The van der Waals surface area contributed by atoms with Crippen molar-refractivity contribution in [1.82, 2.24) is 4.98 Å². The van der Waals surface area contributed by atoms with Crippen molar-refractivity contribution in [1.29, 1.82) is 10.5 Å². The molecule has 1 aliphatic carbocycles. The van der Waals surface area contributed by atoms with Gasteiger partial charge in [0.25, 0.3) is 0 Å². The average Bonchev–Trinajstić information content (AvgIpc) is 3.84. The predicted octanol–water partition coefficient (Wildman–Crippen LogP) is 4.63. The molecule has 1 saturated carbocycles. The second-order valence-corrected chi connectivity index (χ2v) is 11.2. The van der Waals surface area contributed by atoms with E-state index in [0.717, 1.165) is 29.5 Å². The fourth-order valence-corrected chi connectivity index (χ4v) is 6.16. The van der Waals surface area contributed by atoms with E-state index in [1.165, 1.54) is 51.7 Å². The van der Waals surface area contributed by atoms with E-state index in [1.54, 1.807) is 18.2 Å². The van der Waals surface area contributed by atoms with Gasteiger partial charge in [-0.05, 0) is 72.4 Å². The Labute approximate surface area is 257 Å². The van der Waals surface area contributed by atoms with Crippen LogP contribution in [0.3, 0.4) is 0 Å². The summed E-state index contributed by atoms with van der Waals surface area (Å²) in [5.74, 6) is 0.211. The molecular formula is C32H27N5O6S. The molecule has 0 radical (unpaired) electrons. The molecule has 222 valence electrons. The third-order valence-corrected chi connectivity index (χ3v) is 8.49. The van der Waals surface area contributed by atoms with Gasteiger partial charge in [0.2, 0.25) is 17.6 Å². The van der Waals surface area contributed by atoms with Gasteiger partial charge in [0.05, 0.1) is 43.4 Å². The SMILES string of the molecule is COc1cc(/C=C/C(=O)c2ccc(N3C(=O)C[C@H](Sc4nc(N)c(C#N)c(C5CC5)c4C#N)C3=O)cc2)cc(OC)c1OC. The largest absolute Gasteiger partial charge is 0.493 e. The van der Waals surface area contributed by atoms with Crippen LogP contribution in [0.5, 0.6) is 17.2 Å². The van der Waals surface area contributed by atoms with Gasteiger partial charge < -0.3 is 19.9 Å². The lowest BCUT2D eigenvalue weighted by molar-refractivity contribution is -0.121. The number of carbonyl (C=O) groups is 3. The number of allylic oxidation sites excluding steroid dienone is 1. The highest BCUT2D eigenvalue weighted by Crippen LogP contribution is 2.47. The Morgan fingerprint density at radius 1 is 1.02 bits per heavy atom. The van der Waals surface area contributed by atoms with Crippen molar-refractivity contribution in [3.8, 4) is 29.4 Å². The summed E-state index contributed by atoms with van der Waals surface area (Å²) < 4.78 is 16.0. The molecule has 44 heavy (non-hydrogen) atoms. The van der Waals surface area contributed by atoms with Crippen LogP contribution < -0.4 is 24.8 Å². The van der Waals surface area contributed by atoms with Crippen molar-refractivity contribution in [3.63, 3.8) is 0 Å². The number of carbonyl (C=O) groups excluding carboxylic acids is 3. The van der Waals surface area contributed by atoms with Crippen molar-refractivity contribution in [3.05, 3.63) is 70.3 Å². The molecule has 2 aromatic carbocycles. The summed E-state index contributed by atoms with van der Waals surface area (Å²) in [5.41, 5.74) is 8.35. The van der Waals surface area contributed by atoms with Gasteiger partial charge in [-0.25, -0.2) is 9.88 Å². The average molecular weight is 610 g/mol. The van der Waals surface area contributed by atoms with Crippen molar-refractivity contribution in [2.75, 3.05) is 32.0 Å². The smallest absolute Gasteiger partial charge is 0.247 e. The molecule has 1 aliphatic heterocycles. The van der Waals surface area contributed by atoms with Gasteiger partial charge in [0.1, 0.15) is 23.0 Å². The molecule has 0 unspecified atom stereocenters. The van der Waals surface area contributed by atoms with Crippen molar-refractivity contribution < 1.29 is 28.6 Å². The summed E-state index contributed by atoms with van der Waals surface area (Å²) in [6.45, 7) is 0. The number of methoxy groups -OCH3 is 3. The summed E-state index contributed by atoms with van der Waals surface area (Å²) in [6.07, 6.45) is 4.58. The Bertz CT molecular complexity index is 1760. The molecule has 2 aliphatic rings. The Morgan fingerprint density at radius 3 is 2.20 bits per heavy atom. The maximum absolute atomic E-state index is 13.4. The lowest BCUT2D eigenvalue weighted by Crippen LogP contribution is -2.31. The molecule has 2 N–H and O–H groups in total. The minimum Gasteiger partial charge on any atom is -0.493 e. The highest BCUT2D eigenvalue weighted by Gasteiger charge is 2.42. The first kappa shape index (κ1) is 30.1. The highest BCUT2D eigenvalue weighted by atomic mass is 32.2. The normalized spacial score (nSPS) is 16.1. The molecule has 1 aromatic heterocycles. The fraction of sp³-hybridized carbons (Fsp3) is 0.250. The summed E-state index contributed by atoms with van der Waals surface area (Å²) >= 11 is 1.00. The number of hydrogen-bond acceptors (Lipinski definition) is 11. The van der Waals surface area contributed by atoms with Crippen LogP contribution >= 0.6 is 11.8 Å².